The number of rotatable bonds is 6. The molecule has 8 heteroatoms. The summed E-state index contributed by atoms with van der Waals surface area (Å²) in [5, 5.41) is 13.1. The van der Waals surface area contributed by atoms with Crippen LogP contribution >= 0.6 is 0 Å². The normalized spacial score (nSPS) is 13.4. The third kappa shape index (κ3) is 6.50. The number of hydrogen-bond donors (Lipinski definition) is 2. The molecule has 5 rings (SSSR count). The number of carboxylic acid groups (broad SMARTS) is 1. The van der Waals surface area contributed by atoms with Crippen molar-refractivity contribution in [3.05, 3.63) is 107 Å². The van der Waals surface area contributed by atoms with Crippen molar-refractivity contribution in [1.82, 2.24) is 9.88 Å². The maximum Gasteiger partial charge on any atom is 0.416 e. The molecule has 3 aromatic carbocycles. The van der Waals surface area contributed by atoms with Gasteiger partial charge in [0.25, 0.3) is 5.91 Å². The summed E-state index contributed by atoms with van der Waals surface area (Å²) < 4.78 is 40.5. The number of nitrogens with one attached hydrogen (secondary N) is 1. The Morgan fingerprint density at radius 3 is 2.05 bits per heavy atom. The molecule has 1 fully saturated rings. The standard InChI is InChI=1S/C27H21F3N2O3.2C2H6/c28-27(29,30)21-8-4-17(5-9-21)16-32-15-12-18-2-1-3-22(23(18)32)24(33)31-26(13-14-26)20-10-6-19(7-11-20)25(34)35;2*1-2/h1-12,15H,13-14,16H2,(H,31,33)(H,34,35);2*1-2H3. The molecular formula is C31H33F3N2O3. The predicted molar refractivity (Wildman–Crippen MR) is 147 cm³/mol. The van der Waals surface area contributed by atoms with Crippen molar-refractivity contribution < 1.29 is 27.9 Å². The summed E-state index contributed by atoms with van der Waals surface area (Å²) in [7, 11) is 0. The molecule has 206 valence electrons. The number of amides is 1. The number of aromatic nitrogens is 1. The summed E-state index contributed by atoms with van der Waals surface area (Å²) in [5.41, 5.74) is 1.63. The van der Waals surface area contributed by atoms with Crippen molar-refractivity contribution >= 4 is 22.8 Å². The fourth-order valence-electron chi connectivity index (χ4n) is 4.40. The first-order valence-electron chi connectivity index (χ1n) is 13.1. The lowest BCUT2D eigenvalue weighted by Crippen LogP contribution is -2.35. The number of carboxylic acids is 1. The first-order chi connectivity index (χ1) is 18.7. The number of carbonyl (C=O) groups is 2. The van der Waals surface area contributed by atoms with Crippen LogP contribution in [-0.2, 0) is 18.3 Å². The Bertz CT molecular complexity index is 1420. The van der Waals surface area contributed by atoms with E-state index in [1.54, 1.807) is 24.3 Å². The molecule has 1 aromatic heterocycles. The van der Waals surface area contributed by atoms with E-state index in [0.717, 1.165) is 35.9 Å². The van der Waals surface area contributed by atoms with Gasteiger partial charge in [-0.2, -0.15) is 13.2 Å². The van der Waals surface area contributed by atoms with Gasteiger partial charge >= 0.3 is 12.1 Å². The van der Waals surface area contributed by atoms with Crippen molar-refractivity contribution in [3.63, 3.8) is 0 Å². The van der Waals surface area contributed by atoms with Gasteiger partial charge in [-0.1, -0.05) is 64.1 Å². The number of benzene rings is 3. The second kappa shape index (κ2) is 12.2. The molecule has 5 nitrogen and oxygen atoms in total. The van der Waals surface area contributed by atoms with Gasteiger partial charge in [-0.25, -0.2) is 4.79 Å². The lowest BCUT2D eigenvalue weighted by molar-refractivity contribution is -0.137. The highest BCUT2D eigenvalue weighted by molar-refractivity contribution is 6.06. The topological polar surface area (TPSA) is 71.3 Å². The molecule has 0 atom stereocenters. The number of alkyl halides is 3. The van der Waals surface area contributed by atoms with Crippen molar-refractivity contribution in [2.45, 2.75) is 58.8 Å². The predicted octanol–water partition coefficient (Wildman–Crippen LogP) is 7.88. The number of nitrogens with zero attached hydrogens (tertiary/aromatic N) is 1. The van der Waals surface area contributed by atoms with Gasteiger partial charge in [0.05, 0.1) is 27.7 Å². The summed E-state index contributed by atoms with van der Waals surface area (Å²) in [6, 6.07) is 18.8. The van der Waals surface area contributed by atoms with Gasteiger partial charge in [0.2, 0.25) is 0 Å². The Hall–Kier alpha value is -4.07. The molecule has 0 radical (unpaired) electrons. The molecule has 1 heterocycles. The van der Waals surface area contributed by atoms with Crippen LogP contribution in [0.1, 0.15) is 77.9 Å². The molecule has 2 N–H and O–H groups in total. The maximum atomic E-state index is 13.4. The van der Waals surface area contributed by atoms with Crippen LogP contribution < -0.4 is 5.32 Å². The number of fused-ring (bicyclic) bond motifs is 1. The number of carbonyl (C=O) groups excluding carboxylic acids is 1. The zero-order valence-electron chi connectivity index (χ0n) is 22.5. The summed E-state index contributed by atoms with van der Waals surface area (Å²) >= 11 is 0. The number of aromatic carboxylic acids is 1. The first-order valence-corrected chi connectivity index (χ1v) is 13.1. The fraction of sp³-hybridized carbons (Fsp3) is 0.290. The second-order valence-electron chi connectivity index (χ2n) is 8.80. The van der Waals surface area contributed by atoms with Crippen molar-refractivity contribution in [1.29, 1.82) is 0 Å². The molecule has 1 aliphatic carbocycles. The highest BCUT2D eigenvalue weighted by Crippen LogP contribution is 2.46. The average Bonchev–Trinajstić information content (AvgIpc) is 3.62. The summed E-state index contributed by atoms with van der Waals surface area (Å²) in [6.45, 7) is 8.31. The van der Waals surface area contributed by atoms with Crippen molar-refractivity contribution in [2.75, 3.05) is 0 Å². The van der Waals surface area contributed by atoms with Crippen LogP contribution in [0, 0.1) is 0 Å². The van der Waals surface area contributed by atoms with Gasteiger partial charge in [-0.15, -0.1) is 0 Å². The number of para-hydroxylation sites is 1. The molecule has 0 unspecified atom stereocenters. The number of halogens is 3. The van der Waals surface area contributed by atoms with Crippen LogP contribution in [-0.4, -0.2) is 21.6 Å². The quantitative estimate of drug-likeness (QED) is 0.262. The van der Waals surface area contributed by atoms with Crippen LogP contribution in [0.25, 0.3) is 10.9 Å². The van der Waals surface area contributed by atoms with Gasteiger partial charge < -0.3 is 15.0 Å². The summed E-state index contributed by atoms with van der Waals surface area (Å²) in [4.78, 5) is 24.5. The minimum atomic E-state index is -4.39. The molecule has 1 saturated carbocycles. The zero-order chi connectivity index (χ0) is 28.8. The minimum absolute atomic E-state index is 0.182. The maximum absolute atomic E-state index is 13.4. The Morgan fingerprint density at radius 1 is 0.897 bits per heavy atom. The van der Waals surface area contributed by atoms with E-state index in [1.165, 1.54) is 24.3 Å². The largest absolute Gasteiger partial charge is 0.478 e. The first kappa shape index (κ1) is 29.5. The number of hydrogen-bond acceptors (Lipinski definition) is 2. The molecule has 39 heavy (non-hydrogen) atoms. The highest BCUT2D eigenvalue weighted by Gasteiger charge is 2.46. The van der Waals surface area contributed by atoms with E-state index in [9.17, 15) is 22.8 Å². The van der Waals surface area contributed by atoms with E-state index in [1.807, 2.05) is 50.6 Å². The van der Waals surface area contributed by atoms with Crippen molar-refractivity contribution in [2.24, 2.45) is 0 Å². The van der Waals surface area contributed by atoms with E-state index < -0.39 is 23.2 Å². The smallest absolute Gasteiger partial charge is 0.416 e. The fourth-order valence-corrected chi connectivity index (χ4v) is 4.40. The SMILES string of the molecule is CC.CC.O=C(O)c1ccc(C2(NC(=O)c3cccc4ccn(Cc5ccc(C(F)(F)F)cc5)c34)CC2)cc1. The van der Waals surface area contributed by atoms with Crippen LogP contribution in [0.15, 0.2) is 79.0 Å². The van der Waals surface area contributed by atoms with Crippen LogP contribution in [0.2, 0.25) is 0 Å². The Labute approximate surface area is 226 Å². The highest BCUT2D eigenvalue weighted by atomic mass is 19.4. The van der Waals surface area contributed by atoms with Gasteiger partial charge in [0, 0.05) is 18.1 Å². The van der Waals surface area contributed by atoms with Crippen molar-refractivity contribution in [3.8, 4) is 0 Å². The lowest BCUT2D eigenvalue weighted by Gasteiger charge is -2.19. The van der Waals surface area contributed by atoms with Gasteiger partial charge in [-0.05, 0) is 60.4 Å². The summed E-state index contributed by atoms with van der Waals surface area (Å²) in [5.74, 6) is -1.27. The van der Waals surface area contributed by atoms with Crippen LogP contribution in [0.4, 0.5) is 13.2 Å². The van der Waals surface area contributed by atoms with E-state index >= 15 is 0 Å². The molecule has 1 amide bonds. The monoisotopic (exact) mass is 538 g/mol. The Kier molecular flexibility index (Phi) is 9.22. The Morgan fingerprint density at radius 2 is 1.51 bits per heavy atom. The third-order valence-corrected chi connectivity index (χ3v) is 6.45. The summed E-state index contributed by atoms with van der Waals surface area (Å²) in [6.07, 6.45) is -1.09. The average molecular weight is 539 g/mol. The molecule has 4 aromatic rings. The van der Waals surface area contributed by atoms with Gasteiger partial charge in [-0.3, -0.25) is 4.79 Å². The van der Waals surface area contributed by atoms with Gasteiger partial charge in [0.1, 0.15) is 0 Å². The van der Waals surface area contributed by atoms with E-state index in [0.29, 0.717) is 23.2 Å². The second-order valence-corrected chi connectivity index (χ2v) is 8.80. The lowest BCUT2D eigenvalue weighted by atomic mass is 10.0. The van der Waals surface area contributed by atoms with Gasteiger partial charge in [0.15, 0.2) is 0 Å². The van der Waals surface area contributed by atoms with E-state index in [4.69, 9.17) is 5.11 Å². The van der Waals surface area contributed by atoms with Crippen LogP contribution in [0.3, 0.4) is 0 Å². The molecule has 0 saturated heterocycles. The third-order valence-electron chi connectivity index (χ3n) is 6.45. The minimum Gasteiger partial charge on any atom is -0.478 e. The van der Waals surface area contributed by atoms with Crippen LogP contribution in [0.5, 0.6) is 0 Å². The van der Waals surface area contributed by atoms with E-state index in [-0.39, 0.29) is 11.5 Å². The van der Waals surface area contributed by atoms with E-state index in [2.05, 4.69) is 5.32 Å². The Balaban J connectivity index is 0.00000100. The molecule has 0 aliphatic heterocycles. The molecular weight excluding hydrogens is 505 g/mol. The molecule has 1 aliphatic rings. The molecule has 0 bridgehead atoms. The molecule has 0 spiro atoms. The zero-order valence-corrected chi connectivity index (χ0v) is 22.5.